The Morgan fingerprint density at radius 3 is 2.50 bits per heavy atom. The first-order chi connectivity index (χ1) is 7.65. The van der Waals surface area contributed by atoms with Crippen molar-refractivity contribution in [1.82, 2.24) is 5.16 Å². The Morgan fingerprint density at radius 2 is 2.06 bits per heavy atom. The summed E-state index contributed by atoms with van der Waals surface area (Å²) >= 11 is 0. The van der Waals surface area contributed by atoms with E-state index in [1.54, 1.807) is 13.8 Å². The molecule has 1 amide bonds. The van der Waals surface area contributed by atoms with Gasteiger partial charge in [-0.2, -0.15) is 0 Å². The predicted molar refractivity (Wildman–Crippen MR) is 62.6 cm³/mol. The van der Waals surface area contributed by atoms with Crippen LogP contribution in [0.15, 0.2) is 4.52 Å². The van der Waals surface area contributed by atoms with E-state index in [2.05, 4.69) is 10.5 Å². The smallest absolute Gasteiger partial charge is 0.411 e. The Morgan fingerprint density at radius 1 is 1.44 bits per heavy atom. The number of nitrogens with zero attached hydrogens (tertiary/aromatic N) is 1. The van der Waals surface area contributed by atoms with E-state index in [1.807, 2.05) is 20.8 Å². The van der Waals surface area contributed by atoms with E-state index in [1.165, 1.54) is 0 Å². The largest absolute Gasteiger partial charge is 0.449 e. The second-order valence-corrected chi connectivity index (χ2v) is 2.96. The van der Waals surface area contributed by atoms with Gasteiger partial charge in [0.05, 0.1) is 6.61 Å². The molecular formula is C11H20N2O3. The third kappa shape index (κ3) is 4.33. The lowest BCUT2D eigenvalue weighted by molar-refractivity contribution is 0.161. The van der Waals surface area contributed by atoms with Gasteiger partial charge in [0.15, 0.2) is 5.76 Å². The summed E-state index contributed by atoms with van der Waals surface area (Å²) in [5.41, 5.74) is 1.24. The van der Waals surface area contributed by atoms with Gasteiger partial charge in [-0.3, -0.25) is 5.32 Å². The highest BCUT2D eigenvalue weighted by Gasteiger charge is 2.12. The van der Waals surface area contributed by atoms with Crippen LogP contribution in [-0.4, -0.2) is 17.9 Å². The molecule has 0 saturated carbocycles. The first kappa shape index (κ1) is 14.5. The number of nitrogens with one attached hydrogen (secondary N) is 1. The van der Waals surface area contributed by atoms with Gasteiger partial charge in [0, 0.05) is 0 Å². The summed E-state index contributed by atoms with van der Waals surface area (Å²) in [6.07, 6.45) is 0.330. The van der Waals surface area contributed by atoms with E-state index >= 15 is 0 Å². The molecule has 1 aromatic heterocycles. The van der Waals surface area contributed by atoms with Crippen molar-refractivity contribution >= 4 is 11.8 Å². The second kappa shape index (κ2) is 7.73. The van der Waals surface area contributed by atoms with Gasteiger partial charge in [0.1, 0.15) is 11.4 Å². The van der Waals surface area contributed by atoms with Gasteiger partial charge >= 0.3 is 6.09 Å². The van der Waals surface area contributed by atoms with Crippen molar-refractivity contribution in [2.75, 3.05) is 11.9 Å². The first-order valence-electron chi connectivity index (χ1n) is 5.51. The Labute approximate surface area is 96.1 Å². The Bertz CT molecular complexity index is 302. The maximum Gasteiger partial charge on any atom is 0.411 e. The van der Waals surface area contributed by atoms with Crippen LogP contribution < -0.4 is 5.32 Å². The van der Waals surface area contributed by atoms with Crippen molar-refractivity contribution in [3.63, 3.8) is 0 Å². The molecule has 1 aromatic rings. The van der Waals surface area contributed by atoms with Gasteiger partial charge in [-0.1, -0.05) is 25.9 Å². The van der Waals surface area contributed by atoms with E-state index in [4.69, 9.17) is 9.26 Å². The topological polar surface area (TPSA) is 64.4 Å². The molecule has 0 aliphatic heterocycles. The highest BCUT2D eigenvalue weighted by atomic mass is 16.5. The second-order valence-electron chi connectivity index (χ2n) is 2.96. The van der Waals surface area contributed by atoms with Crippen molar-refractivity contribution in [3.05, 3.63) is 11.5 Å². The number of carbonyl (C=O) groups excluding carboxylic acids is 1. The van der Waals surface area contributed by atoms with Crippen LogP contribution in [-0.2, 0) is 4.74 Å². The Kier molecular flexibility index (Phi) is 7.00. The van der Waals surface area contributed by atoms with Crippen LogP contribution in [0.25, 0.3) is 0 Å². The number of aryl methyl sites for hydroxylation is 2. The summed E-state index contributed by atoms with van der Waals surface area (Å²) < 4.78 is 9.74. The average Bonchev–Trinajstić information content (AvgIpc) is 2.61. The lowest BCUT2D eigenvalue weighted by atomic mass is 10.3. The van der Waals surface area contributed by atoms with Crippen LogP contribution in [0.5, 0.6) is 0 Å². The molecule has 1 heterocycles. The third-order valence-corrected chi connectivity index (χ3v) is 1.70. The van der Waals surface area contributed by atoms with Gasteiger partial charge in [0.25, 0.3) is 0 Å². The number of hydrogen-bond donors (Lipinski definition) is 1. The number of aromatic nitrogens is 1. The minimum Gasteiger partial charge on any atom is -0.449 e. The lowest BCUT2D eigenvalue weighted by Crippen LogP contribution is -2.14. The van der Waals surface area contributed by atoms with Crippen molar-refractivity contribution in [2.45, 2.75) is 41.0 Å². The van der Waals surface area contributed by atoms with Crippen molar-refractivity contribution < 1.29 is 14.1 Å². The van der Waals surface area contributed by atoms with E-state index < -0.39 is 6.09 Å². The molecule has 0 unspecified atom stereocenters. The molecule has 0 atom stereocenters. The Hall–Kier alpha value is -1.52. The fraction of sp³-hybridized carbons (Fsp3) is 0.636. The third-order valence-electron chi connectivity index (χ3n) is 1.70. The molecule has 5 heteroatoms. The summed E-state index contributed by atoms with van der Waals surface area (Å²) in [4.78, 5) is 11.2. The maximum atomic E-state index is 11.2. The maximum absolute atomic E-state index is 11.2. The van der Waals surface area contributed by atoms with Gasteiger partial charge < -0.3 is 9.26 Å². The van der Waals surface area contributed by atoms with E-state index in [0.29, 0.717) is 23.7 Å². The van der Waals surface area contributed by atoms with Crippen molar-refractivity contribution in [2.24, 2.45) is 0 Å². The van der Waals surface area contributed by atoms with Crippen molar-refractivity contribution in [3.8, 4) is 0 Å². The van der Waals surface area contributed by atoms with Gasteiger partial charge in [-0.05, 0) is 20.3 Å². The summed E-state index contributed by atoms with van der Waals surface area (Å²) in [7, 11) is 0. The van der Waals surface area contributed by atoms with Crippen LogP contribution in [0.2, 0.25) is 0 Å². The zero-order chi connectivity index (χ0) is 12.6. The summed E-state index contributed by atoms with van der Waals surface area (Å²) in [6, 6.07) is 0. The summed E-state index contributed by atoms with van der Waals surface area (Å²) in [5.74, 6) is 0.580. The molecule has 0 saturated heterocycles. The molecule has 1 N–H and O–H groups in total. The molecular weight excluding hydrogens is 208 g/mol. The summed E-state index contributed by atoms with van der Waals surface area (Å²) in [6.45, 7) is 9.83. The molecule has 0 fully saturated rings. The number of amides is 1. The SMILES string of the molecule is CC.CCCOC(=O)Nc1c(C)noc1C. The monoisotopic (exact) mass is 228 g/mol. The van der Waals surface area contributed by atoms with Crippen LogP contribution in [0.4, 0.5) is 10.5 Å². The lowest BCUT2D eigenvalue weighted by Gasteiger charge is -2.04. The van der Waals surface area contributed by atoms with Gasteiger partial charge in [-0.25, -0.2) is 4.79 Å². The summed E-state index contributed by atoms with van der Waals surface area (Å²) in [5, 5.41) is 6.28. The fourth-order valence-electron chi connectivity index (χ4n) is 0.994. The van der Waals surface area contributed by atoms with Gasteiger partial charge in [-0.15, -0.1) is 0 Å². The number of rotatable bonds is 3. The van der Waals surface area contributed by atoms with E-state index in [9.17, 15) is 4.79 Å². The van der Waals surface area contributed by atoms with E-state index in [0.717, 1.165) is 6.42 Å². The quantitative estimate of drug-likeness (QED) is 0.862. The number of carbonyl (C=O) groups is 1. The minimum atomic E-state index is -0.471. The average molecular weight is 228 g/mol. The molecule has 0 aliphatic carbocycles. The van der Waals surface area contributed by atoms with Crippen molar-refractivity contribution in [1.29, 1.82) is 0 Å². The highest BCUT2D eigenvalue weighted by molar-refractivity contribution is 5.85. The van der Waals surface area contributed by atoms with Crippen LogP contribution in [0, 0.1) is 13.8 Å². The Balaban J connectivity index is 0.00000106. The predicted octanol–water partition coefficient (Wildman–Crippen LogP) is 3.28. The molecule has 92 valence electrons. The number of hydrogen-bond acceptors (Lipinski definition) is 4. The molecule has 0 aliphatic rings. The zero-order valence-electron chi connectivity index (χ0n) is 10.6. The first-order valence-corrected chi connectivity index (χ1v) is 5.51. The highest BCUT2D eigenvalue weighted by Crippen LogP contribution is 2.18. The molecule has 0 aromatic carbocycles. The molecule has 16 heavy (non-hydrogen) atoms. The molecule has 5 nitrogen and oxygen atoms in total. The minimum absolute atomic E-state index is 0.412. The number of anilines is 1. The molecule has 0 bridgehead atoms. The zero-order valence-corrected chi connectivity index (χ0v) is 10.6. The standard InChI is InChI=1S/C9H14N2O3.C2H6/c1-4-5-13-9(12)10-8-6(2)11-14-7(8)3;1-2/h4-5H2,1-3H3,(H,10,12);1-2H3. The van der Waals surface area contributed by atoms with Crippen LogP contribution in [0.1, 0.15) is 38.6 Å². The van der Waals surface area contributed by atoms with Crippen LogP contribution >= 0.6 is 0 Å². The van der Waals surface area contributed by atoms with E-state index in [-0.39, 0.29) is 0 Å². The molecule has 1 rings (SSSR count). The number of ether oxygens (including phenoxy) is 1. The fourth-order valence-corrected chi connectivity index (χ4v) is 0.994. The normalized spacial score (nSPS) is 9.06. The van der Waals surface area contributed by atoms with Gasteiger partial charge in [0.2, 0.25) is 0 Å². The molecule has 0 radical (unpaired) electrons. The molecule has 0 spiro atoms. The van der Waals surface area contributed by atoms with Crippen LogP contribution in [0.3, 0.4) is 0 Å².